The standard InChI is InChI=1S/C22H18ClFN2O3S/c23-17-8-2-3-9-19(17)25-22(27)16-11-12-18(24)21(14-16)30(28,29)26-13-5-7-15-6-1-4-10-20(15)26/h1-4,6,8-12,14H,5,7,13H2,(H,25,27). The number of carbonyl (C=O) groups excluding carboxylic acids is 1. The number of hydrogen-bond donors (Lipinski definition) is 1. The van der Waals surface area contributed by atoms with Gasteiger partial charge in [-0.2, -0.15) is 0 Å². The molecule has 1 amide bonds. The number of halogens is 2. The molecule has 1 aliphatic heterocycles. The van der Waals surface area contributed by atoms with Crippen LogP contribution in [0.15, 0.2) is 71.6 Å². The normalized spacial score (nSPS) is 13.6. The van der Waals surface area contributed by atoms with Crippen LogP contribution in [0, 0.1) is 5.82 Å². The van der Waals surface area contributed by atoms with Crippen LogP contribution >= 0.6 is 11.6 Å². The fourth-order valence-electron chi connectivity index (χ4n) is 3.47. The van der Waals surface area contributed by atoms with Gasteiger partial charge in [0, 0.05) is 12.1 Å². The molecule has 4 rings (SSSR count). The smallest absolute Gasteiger partial charge is 0.267 e. The summed E-state index contributed by atoms with van der Waals surface area (Å²) in [4.78, 5) is 12.1. The predicted octanol–water partition coefficient (Wildman–Crippen LogP) is 4.87. The van der Waals surface area contributed by atoms with Gasteiger partial charge in [0.05, 0.1) is 16.4 Å². The maximum atomic E-state index is 14.6. The first-order valence-corrected chi connectivity index (χ1v) is 11.2. The van der Waals surface area contributed by atoms with Gasteiger partial charge in [-0.05, 0) is 54.8 Å². The molecule has 3 aromatic carbocycles. The molecule has 0 unspecified atom stereocenters. The van der Waals surface area contributed by atoms with Crippen LogP contribution in [-0.4, -0.2) is 20.9 Å². The minimum atomic E-state index is -4.19. The SMILES string of the molecule is O=C(Nc1ccccc1Cl)c1ccc(F)c(S(=O)(=O)N2CCCc3ccccc32)c1. The molecule has 0 saturated carbocycles. The molecule has 0 aliphatic carbocycles. The number of carbonyl (C=O) groups is 1. The van der Waals surface area contributed by atoms with Gasteiger partial charge in [-0.1, -0.05) is 41.9 Å². The van der Waals surface area contributed by atoms with Crippen molar-refractivity contribution in [2.75, 3.05) is 16.2 Å². The van der Waals surface area contributed by atoms with Crippen LogP contribution < -0.4 is 9.62 Å². The van der Waals surface area contributed by atoms with E-state index in [1.54, 1.807) is 36.4 Å². The molecule has 1 aliphatic rings. The van der Waals surface area contributed by atoms with Crippen molar-refractivity contribution >= 4 is 38.9 Å². The molecule has 0 bridgehead atoms. The second-order valence-electron chi connectivity index (χ2n) is 6.89. The molecule has 0 atom stereocenters. The Morgan fingerprint density at radius 3 is 2.57 bits per heavy atom. The van der Waals surface area contributed by atoms with E-state index in [0.29, 0.717) is 22.8 Å². The Hall–Kier alpha value is -2.90. The van der Waals surface area contributed by atoms with E-state index in [4.69, 9.17) is 11.6 Å². The summed E-state index contributed by atoms with van der Waals surface area (Å²) in [6, 6.07) is 17.1. The molecule has 154 valence electrons. The Labute approximate surface area is 179 Å². The first-order chi connectivity index (χ1) is 14.4. The summed E-state index contributed by atoms with van der Waals surface area (Å²) in [7, 11) is -4.19. The predicted molar refractivity (Wildman–Crippen MR) is 115 cm³/mol. The zero-order valence-corrected chi connectivity index (χ0v) is 17.4. The van der Waals surface area contributed by atoms with Crippen LogP contribution in [0.1, 0.15) is 22.3 Å². The third-order valence-electron chi connectivity index (χ3n) is 4.95. The number of fused-ring (bicyclic) bond motifs is 1. The van der Waals surface area contributed by atoms with E-state index in [1.165, 1.54) is 10.4 Å². The van der Waals surface area contributed by atoms with Crippen LogP contribution in [0.3, 0.4) is 0 Å². The largest absolute Gasteiger partial charge is 0.321 e. The molecule has 1 N–H and O–H groups in total. The molecule has 30 heavy (non-hydrogen) atoms. The molecule has 0 spiro atoms. The van der Waals surface area contributed by atoms with E-state index >= 15 is 0 Å². The highest BCUT2D eigenvalue weighted by Gasteiger charge is 2.31. The van der Waals surface area contributed by atoms with E-state index in [9.17, 15) is 17.6 Å². The lowest BCUT2D eigenvalue weighted by molar-refractivity contribution is 0.102. The average Bonchev–Trinajstić information content (AvgIpc) is 2.75. The quantitative estimate of drug-likeness (QED) is 0.624. The summed E-state index contributed by atoms with van der Waals surface area (Å²) in [5.74, 6) is -1.49. The molecule has 0 saturated heterocycles. The molecular formula is C22H18ClFN2O3S. The van der Waals surface area contributed by atoms with E-state index in [0.717, 1.165) is 24.1 Å². The third kappa shape index (κ3) is 3.78. The highest BCUT2D eigenvalue weighted by molar-refractivity contribution is 7.92. The zero-order valence-electron chi connectivity index (χ0n) is 15.8. The van der Waals surface area contributed by atoms with E-state index in [2.05, 4.69) is 5.32 Å². The van der Waals surface area contributed by atoms with E-state index < -0.39 is 26.6 Å². The number of rotatable bonds is 4. The number of amides is 1. The number of para-hydroxylation sites is 2. The first kappa shape index (κ1) is 20.4. The van der Waals surface area contributed by atoms with Crippen molar-refractivity contribution in [1.29, 1.82) is 0 Å². The summed E-state index contributed by atoms with van der Waals surface area (Å²) in [5, 5.41) is 2.96. The summed E-state index contributed by atoms with van der Waals surface area (Å²) in [5.41, 5.74) is 1.82. The number of aryl methyl sites for hydroxylation is 1. The van der Waals surface area contributed by atoms with Gasteiger partial charge in [0.2, 0.25) is 0 Å². The fourth-order valence-corrected chi connectivity index (χ4v) is 5.28. The molecule has 0 radical (unpaired) electrons. The van der Waals surface area contributed by atoms with Gasteiger partial charge < -0.3 is 5.32 Å². The van der Waals surface area contributed by atoms with Gasteiger partial charge in [0.25, 0.3) is 15.9 Å². The Morgan fingerprint density at radius 2 is 1.77 bits per heavy atom. The molecule has 0 fully saturated rings. The number of anilines is 2. The monoisotopic (exact) mass is 444 g/mol. The second-order valence-corrected chi connectivity index (χ2v) is 9.13. The van der Waals surface area contributed by atoms with Gasteiger partial charge >= 0.3 is 0 Å². The zero-order chi connectivity index (χ0) is 21.3. The van der Waals surface area contributed by atoms with E-state index in [1.807, 2.05) is 12.1 Å². The maximum absolute atomic E-state index is 14.6. The number of benzene rings is 3. The Bertz CT molecular complexity index is 1230. The van der Waals surface area contributed by atoms with Crippen molar-refractivity contribution in [2.45, 2.75) is 17.7 Å². The average molecular weight is 445 g/mol. The minimum absolute atomic E-state index is 0.0141. The lowest BCUT2D eigenvalue weighted by Crippen LogP contribution is -2.36. The van der Waals surface area contributed by atoms with Crippen LogP contribution in [0.4, 0.5) is 15.8 Å². The van der Waals surface area contributed by atoms with Crippen LogP contribution in [-0.2, 0) is 16.4 Å². The molecule has 3 aromatic rings. The van der Waals surface area contributed by atoms with Crippen molar-refractivity contribution in [2.24, 2.45) is 0 Å². The lowest BCUT2D eigenvalue weighted by Gasteiger charge is -2.30. The van der Waals surface area contributed by atoms with Gasteiger partial charge in [-0.25, -0.2) is 12.8 Å². The van der Waals surface area contributed by atoms with Crippen LogP contribution in [0.2, 0.25) is 5.02 Å². The molecule has 8 heteroatoms. The minimum Gasteiger partial charge on any atom is -0.321 e. The lowest BCUT2D eigenvalue weighted by atomic mass is 10.0. The van der Waals surface area contributed by atoms with Gasteiger partial charge in [-0.15, -0.1) is 0 Å². The van der Waals surface area contributed by atoms with Crippen molar-refractivity contribution in [3.63, 3.8) is 0 Å². The fraction of sp³-hybridized carbons (Fsp3) is 0.136. The number of nitrogens with one attached hydrogen (secondary N) is 1. The van der Waals surface area contributed by atoms with Crippen molar-refractivity contribution < 1.29 is 17.6 Å². The first-order valence-electron chi connectivity index (χ1n) is 9.34. The summed E-state index contributed by atoms with van der Waals surface area (Å²) in [6.07, 6.45) is 1.38. The van der Waals surface area contributed by atoms with Gasteiger partial charge in [0.1, 0.15) is 10.7 Å². The van der Waals surface area contributed by atoms with Crippen LogP contribution in [0.25, 0.3) is 0 Å². The Kier molecular flexibility index (Phi) is 5.49. The molecule has 5 nitrogen and oxygen atoms in total. The summed E-state index contributed by atoms with van der Waals surface area (Å²) in [6.45, 7) is 0.245. The summed E-state index contributed by atoms with van der Waals surface area (Å²) < 4.78 is 42.4. The Balaban J connectivity index is 1.70. The van der Waals surface area contributed by atoms with Crippen molar-refractivity contribution in [1.82, 2.24) is 0 Å². The van der Waals surface area contributed by atoms with Gasteiger partial charge in [0.15, 0.2) is 0 Å². The molecular weight excluding hydrogens is 427 g/mol. The number of sulfonamides is 1. The number of hydrogen-bond acceptors (Lipinski definition) is 3. The topological polar surface area (TPSA) is 66.5 Å². The van der Waals surface area contributed by atoms with E-state index in [-0.39, 0.29) is 12.1 Å². The summed E-state index contributed by atoms with van der Waals surface area (Å²) >= 11 is 6.06. The molecule has 0 aromatic heterocycles. The molecule has 1 heterocycles. The van der Waals surface area contributed by atoms with Crippen molar-refractivity contribution in [3.8, 4) is 0 Å². The highest BCUT2D eigenvalue weighted by atomic mass is 35.5. The second kappa shape index (κ2) is 8.08. The Morgan fingerprint density at radius 1 is 1.03 bits per heavy atom. The van der Waals surface area contributed by atoms with Crippen molar-refractivity contribution in [3.05, 3.63) is 88.7 Å². The maximum Gasteiger partial charge on any atom is 0.267 e. The van der Waals surface area contributed by atoms with Gasteiger partial charge in [-0.3, -0.25) is 9.10 Å². The number of nitrogens with zero attached hydrogens (tertiary/aromatic N) is 1. The third-order valence-corrected chi connectivity index (χ3v) is 7.11. The highest BCUT2D eigenvalue weighted by Crippen LogP contribution is 2.33. The van der Waals surface area contributed by atoms with Crippen LogP contribution in [0.5, 0.6) is 0 Å².